The van der Waals surface area contributed by atoms with Crippen molar-refractivity contribution in [1.29, 1.82) is 0 Å². The fraction of sp³-hybridized carbons (Fsp3) is 0.235. The molecule has 0 aromatic heterocycles. The van der Waals surface area contributed by atoms with Gasteiger partial charge in [-0.15, -0.1) is 0 Å². The molecule has 0 radical (unpaired) electrons. The number of sulfonamides is 1. The number of ether oxygens (including phenoxy) is 3. The minimum Gasteiger partial charge on any atom is -0.486 e. The fourth-order valence-corrected chi connectivity index (χ4v) is 3.89. The Morgan fingerprint density at radius 1 is 1.27 bits per heavy atom. The summed E-state index contributed by atoms with van der Waals surface area (Å²) < 4.78 is 43.9. The molecule has 0 amide bonds. The largest absolute Gasteiger partial charge is 0.486 e. The van der Waals surface area contributed by atoms with Gasteiger partial charge in [-0.1, -0.05) is 12.1 Å². The number of para-hydroxylation sites is 2. The fourth-order valence-electron chi connectivity index (χ4n) is 2.39. The van der Waals surface area contributed by atoms with E-state index in [0.717, 1.165) is 0 Å². The molecular weight excluding hydrogens is 426 g/mol. The van der Waals surface area contributed by atoms with Gasteiger partial charge in [-0.05, 0) is 46.3 Å². The predicted octanol–water partition coefficient (Wildman–Crippen LogP) is 2.35. The molecule has 1 atom stereocenters. The van der Waals surface area contributed by atoms with Crippen LogP contribution in [0.1, 0.15) is 10.4 Å². The van der Waals surface area contributed by atoms with Crippen molar-refractivity contribution in [1.82, 2.24) is 4.72 Å². The zero-order valence-corrected chi connectivity index (χ0v) is 16.2. The van der Waals surface area contributed by atoms with Crippen LogP contribution >= 0.6 is 15.9 Å². The van der Waals surface area contributed by atoms with Gasteiger partial charge in [0, 0.05) is 4.47 Å². The maximum atomic E-state index is 12.5. The highest BCUT2D eigenvalue weighted by molar-refractivity contribution is 9.10. The Morgan fingerprint density at radius 3 is 2.73 bits per heavy atom. The number of nitrogens with one attached hydrogen (secondary N) is 1. The van der Waals surface area contributed by atoms with E-state index in [9.17, 15) is 13.2 Å². The van der Waals surface area contributed by atoms with Crippen molar-refractivity contribution in [3.8, 4) is 11.5 Å². The second-order valence-corrected chi connectivity index (χ2v) is 8.10. The summed E-state index contributed by atoms with van der Waals surface area (Å²) in [5, 5.41) is 0. The number of fused-ring (bicyclic) bond motifs is 1. The second kappa shape index (κ2) is 7.65. The van der Waals surface area contributed by atoms with Crippen LogP contribution in [0.4, 0.5) is 0 Å². The third-order valence-electron chi connectivity index (χ3n) is 3.72. The molecule has 0 spiro atoms. The van der Waals surface area contributed by atoms with Gasteiger partial charge < -0.3 is 14.2 Å². The number of benzene rings is 2. The first-order valence-electron chi connectivity index (χ1n) is 7.67. The summed E-state index contributed by atoms with van der Waals surface area (Å²) in [6, 6.07) is 11.3. The average molecular weight is 442 g/mol. The van der Waals surface area contributed by atoms with Crippen molar-refractivity contribution in [2.45, 2.75) is 11.0 Å². The number of hydrogen-bond acceptors (Lipinski definition) is 6. The van der Waals surface area contributed by atoms with Crippen LogP contribution in [0.15, 0.2) is 51.8 Å². The number of carbonyl (C=O) groups excluding carboxylic acids is 1. The molecule has 0 saturated heterocycles. The molecule has 1 unspecified atom stereocenters. The number of esters is 1. The molecule has 138 valence electrons. The molecule has 2 aromatic carbocycles. The molecule has 1 aliphatic rings. The lowest BCUT2D eigenvalue weighted by atomic mass is 10.2. The molecule has 9 heteroatoms. The van der Waals surface area contributed by atoms with E-state index < -0.39 is 22.1 Å². The topological polar surface area (TPSA) is 90.9 Å². The Balaban J connectivity index is 1.71. The monoisotopic (exact) mass is 441 g/mol. The van der Waals surface area contributed by atoms with Gasteiger partial charge in [0.15, 0.2) is 11.5 Å². The summed E-state index contributed by atoms with van der Waals surface area (Å²) >= 11 is 3.20. The van der Waals surface area contributed by atoms with E-state index >= 15 is 0 Å². The third kappa shape index (κ3) is 4.00. The van der Waals surface area contributed by atoms with E-state index in [4.69, 9.17) is 9.47 Å². The highest BCUT2D eigenvalue weighted by Gasteiger charge is 2.24. The smallest absolute Gasteiger partial charge is 0.339 e. The highest BCUT2D eigenvalue weighted by Crippen LogP contribution is 2.30. The average Bonchev–Trinajstić information content (AvgIpc) is 2.66. The number of hydrogen-bond donors (Lipinski definition) is 1. The van der Waals surface area contributed by atoms with Crippen LogP contribution in [-0.4, -0.2) is 40.8 Å². The first kappa shape index (κ1) is 18.7. The SMILES string of the molecule is COC(=O)c1cc(S(=O)(=O)NCC2COc3ccccc3O2)ccc1Br. The molecule has 0 saturated carbocycles. The van der Waals surface area contributed by atoms with Gasteiger partial charge in [0.05, 0.1) is 24.1 Å². The summed E-state index contributed by atoms with van der Waals surface area (Å²) in [7, 11) is -2.60. The van der Waals surface area contributed by atoms with Gasteiger partial charge in [0.1, 0.15) is 12.7 Å². The van der Waals surface area contributed by atoms with Crippen molar-refractivity contribution in [3.63, 3.8) is 0 Å². The van der Waals surface area contributed by atoms with Crippen molar-refractivity contribution in [2.24, 2.45) is 0 Å². The zero-order chi connectivity index (χ0) is 18.7. The standard InChI is InChI=1S/C17H16BrNO6S/c1-23-17(20)13-8-12(6-7-14(13)18)26(21,22)19-9-11-10-24-15-4-2-3-5-16(15)25-11/h2-8,11,19H,9-10H2,1H3. The second-order valence-electron chi connectivity index (χ2n) is 5.48. The quantitative estimate of drug-likeness (QED) is 0.716. The normalized spacial score (nSPS) is 16.2. The number of halogens is 1. The van der Waals surface area contributed by atoms with Crippen LogP contribution in [0.2, 0.25) is 0 Å². The maximum Gasteiger partial charge on any atom is 0.339 e. The Morgan fingerprint density at radius 2 is 2.00 bits per heavy atom. The zero-order valence-electron chi connectivity index (χ0n) is 13.8. The van der Waals surface area contributed by atoms with E-state index in [1.807, 2.05) is 12.1 Å². The Bertz CT molecular complexity index is 931. The lowest BCUT2D eigenvalue weighted by Gasteiger charge is -2.26. The molecule has 0 bridgehead atoms. The summed E-state index contributed by atoms with van der Waals surface area (Å²) in [4.78, 5) is 11.7. The summed E-state index contributed by atoms with van der Waals surface area (Å²) in [6.45, 7) is 0.258. The van der Waals surface area contributed by atoms with Gasteiger partial charge in [-0.2, -0.15) is 0 Å². The van der Waals surface area contributed by atoms with Crippen LogP contribution in [-0.2, 0) is 14.8 Å². The van der Waals surface area contributed by atoms with Crippen molar-refractivity contribution < 1.29 is 27.4 Å². The van der Waals surface area contributed by atoms with E-state index in [1.165, 1.54) is 25.3 Å². The molecule has 3 rings (SSSR count). The van der Waals surface area contributed by atoms with Gasteiger partial charge in [-0.3, -0.25) is 0 Å². The predicted molar refractivity (Wildman–Crippen MR) is 97.0 cm³/mol. The molecule has 1 N–H and O–H groups in total. The van der Waals surface area contributed by atoms with Crippen molar-refractivity contribution in [2.75, 3.05) is 20.3 Å². The summed E-state index contributed by atoms with van der Waals surface area (Å²) in [5.41, 5.74) is 0.126. The van der Waals surface area contributed by atoms with E-state index in [1.54, 1.807) is 12.1 Å². The van der Waals surface area contributed by atoms with Crippen LogP contribution in [0, 0.1) is 0 Å². The highest BCUT2D eigenvalue weighted by atomic mass is 79.9. The van der Waals surface area contributed by atoms with Gasteiger partial charge in [0.25, 0.3) is 0 Å². The summed E-state index contributed by atoms with van der Waals surface area (Å²) in [5.74, 6) is 0.566. The van der Waals surface area contributed by atoms with Crippen LogP contribution in [0.5, 0.6) is 11.5 Å². The van der Waals surface area contributed by atoms with E-state index in [2.05, 4.69) is 25.4 Å². The number of methoxy groups -OCH3 is 1. The maximum absolute atomic E-state index is 12.5. The van der Waals surface area contributed by atoms with E-state index in [0.29, 0.717) is 16.0 Å². The van der Waals surface area contributed by atoms with Crippen LogP contribution in [0.25, 0.3) is 0 Å². The molecule has 1 heterocycles. The van der Waals surface area contributed by atoms with Gasteiger partial charge in [-0.25, -0.2) is 17.9 Å². The minimum absolute atomic E-state index is 0.0281. The van der Waals surface area contributed by atoms with Crippen LogP contribution in [0.3, 0.4) is 0 Å². The first-order chi connectivity index (χ1) is 12.4. The molecule has 0 fully saturated rings. The van der Waals surface area contributed by atoms with Crippen LogP contribution < -0.4 is 14.2 Å². The van der Waals surface area contributed by atoms with Gasteiger partial charge >= 0.3 is 5.97 Å². The van der Waals surface area contributed by atoms with E-state index in [-0.39, 0.29) is 23.6 Å². The van der Waals surface area contributed by atoms with Gasteiger partial charge in [0.2, 0.25) is 10.0 Å². The number of carbonyl (C=O) groups is 1. The Hall–Kier alpha value is -2.10. The lowest BCUT2D eigenvalue weighted by molar-refractivity contribution is 0.0599. The molecule has 26 heavy (non-hydrogen) atoms. The minimum atomic E-state index is -3.83. The molecule has 1 aliphatic heterocycles. The van der Waals surface area contributed by atoms with Crippen molar-refractivity contribution >= 4 is 31.9 Å². The van der Waals surface area contributed by atoms with Crippen molar-refractivity contribution in [3.05, 3.63) is 52.5 Å². The first-order valence-corrected chi connectivity index (χ1v) is 9.94. The lowest BCUT2D eigenvalue weighted by Crippen LogP contribution is -2.40. The summed E-state index contributed by atoms with van der Waals surface area (Å²) in [6.07, 6.45) is -0.463. The molecule has 2 aromatic rings. The molecular formula is C17H16BrNO6S. The Labute approximate surface area is 159 Å². The Kier molecular flexibility index (Phi) is 5.49. The molecule has 7 nitrogen and oxygen atoms in total. The third-order valence-corrected chi connectivity index (χ3v) is 5.83. The number of rotatable bonds is 5. The molecule has 0 aliphatic carbocycles.